The Bertz CT molecular complexity index is 1310. The Morgan fingerprint density at radius 2 is 1.48 bits per heavy atom. The average molecular weight is 451 g/mol. The Hall–Kier alpha value is -2.83. The number of rotatable bonds is 6. The smallest absolute Gasteiger partial charge is 0.265 e. The van der Waals surface area contributed by atoms with Crippen molar-refractivity contribution in [3.63, 3.8) is 0 Å². The van der Waals surface area contributed by atoms with Crippen LogP contribution >= 0.6 is 11.3 Å². The fourth-order valence-corrected chi connectivity index (χ4v) is 6.50. The van der Waals surface area contributed by atoms with Gasteiger partial charge in [-0.2, -0.15) is 0 Å². The number of aryl methyl sites for hydroxylation is 2. The first-order valence-electron chi connectivity index (χ1n) is 10.1. The second-order valence-corrected chi connectivity index (χ2v) is 10.8. The molecule has 3 aromatic carbocycles. The Kier molecular flexibility index (Phi) is 5.77. The molecule has 1 aromatic heterocycles. The largest absolute Gasteiger partial charge is 0.378 e. The number of thiophene rings is 1. The lowest BCUT2D eigenvalue weighted by atomic mass is 10.1. The van der Waals surface area contributed by atoms with Crippen LogP contribution in [0, 0.1) is 13.8 Å². The highest BCUT2D eigenvalue weighted by Crippen LogP contribution is 2.40. The molecule has 0 bridgehead atoms. The topological polar surface area (TPSA) is 40.6 Å². The van der Waals surface area contributed by atoms with E-state index in [2.05, 4.69) is 0 Å². The van der Waals surface area contributed by atoms with Crippen LogP contribution in [0.3, 0.4) is 0 Å². The molecule has 0 atom stereocenters. The first-order valence-corrected chi connectivity index (χ1v) is 12.4. The zero-order valence-corrected chi connectivity index (χ0v) is 19.8. The van der Waals surface area contributed by atoms with E-state index in [1.54, 1.807) is 16.4 Å². The van der Waals surface area contributed by atoms with E-state index in [-0.39, 0.29) is 6.54 Å². The highest BCUT2D eigenvalue weighted by Gasteiger charge is 2.28. The first-order chi connectivity index (χ1) is 14.8. The van der Waals surface area contributed by atoms with Crippen molar-refractivity contribution in [2.75, 3.05) is 23.3 Å². The normalized spacial score (nSPS) is 11.6. The van der Waals surface area contributed by atoms with Gasteiger partial charge in [-0.05, 0) is 60.7 Å². The van der Waals surface area contributed by atoms with E-state index < -0.39 is 10.0 Å². The van der Waals surface area contributed by atoms with Gasteiger partial charge in [0.15, 0.2) is 0 Å². The molecule has 4 nitrogen and oxygen atoms in total. The predicted molar refractivity (Wildman–Crippen MR) is 132 cm³/mol. The highest BCUT2D eigenvalue weighted by atomic mass is 32.2. The van der Waals surface area contributed by atoms with Crippen LogP contribution in [0.25, 0.3) is 10.1 Å². The summed E-state index contributed by atoms with van der Waals surface area (Å²) in [5.41, 5.74) is 4.05. The second-order valence-electron chi connectivity index (χ2n) is 7.91. The molecule has 0 fully saturated rings. The lowest BCUT2D eigenvalue weighted by Crippen LogP contribution is -2.30. The van der Waals surface area contributed by atoms with Gasteiger partial charge in [0.05, 0.1) is 11.4 Å². The summed E-state index contributed by atoms with van der Waals surface area (Å²) >= 11 is 1.52. The molecule has 4 rings (SSSR count). The molecule has 0 aliphatic carbocycles. The van der Waals surface area contributed by atoms with Crippen LogP contribution in [0.2, 0.25) is 0 Å². The van der Waals surface area contributed by atoms with Gasteiger partial charge >= 0.3 is 0 Å². The Labute approximate surface area is 188 Å². The minimum atomic E-state index is -3.75. The number of benzene rings is 3. The molecule has 1 heterocycles. The number of fused-ring (bicyclic) bond motifs is 1. The molecule has 6 heteroatoms. The molecule has 0 unspecified atom stereocenters. The maximum atomic E-state index is 13.8. The summed E-state index contributed by atoms with van der Waals surface area (Å²) in [7, 11) is 0.127. The Balaban J connectivity index is 1.84. The summed E-state index contributed by atoms with van der Waals surface area (Å²) in [6, 6.07) is 23.2. The van der Waals surface area contributed by atoms with E-state index in [1.165, 1.54) is 11.3 Å². The summed E-state index contributed by atoms with van der Waals surface area (Å²) in [6.07, 6.45) is 0. The molecular formula is C25H26N2O2S2. The van der Waals surface area contributed by atoms with E-state index >= 15 is 0 Å². The molecular weight excluding hydrogens is 424 g/mol. The van der Waals surface area contributed by atoms with Gasteiger partial charge in [-0.25, -0.2) is 8.42 Å². The quantitative estimate of drug-likeness (QED) is 0.363. The van der Waals surface area contributed by atoms with Crippen LogP contribution in [-0.2, 0) is 16.6 Å². The fourth-order valence-electron chi connectivity index (χ4n) is 3.57. The third-order valence-electron chi connectivity index (χ3n) is 5.43. The fraction of sp³-hybridized carbons (Fsp3) is 0.200. The number of anilines is 2. The van der Waals surface area contributed by atoms with Gasteiger partial charge in [-0.15, -0.1) is 11.3 Å². The van der Waals surface area contributed by atoms with E-state index in [0.29, 0.717) is 4.90 Å². The molecule has 0 spiro atoms. The lowest BCUT2D eigenvalue weighted by molar-refractivity contribution is 0.590. The molecule has 31 heavy (non-hydrogen) atoms. The van der Waals surface area contributed by atoms with Crippen molar-refractivity contribution < 1.29 is 8.42 Å². The summed E-state index contributed by atoms with van der Waals surface area (Å²) in [4.78, 5) is 2.25. The maximum Gasteiger partial charge on any atom is 0.265 e. The molecule has 0 saturated heterocycles. The number of nitrogens with zero attached hydrogens (tertiary/aromatic N) is 2. The van der Waals surface area contributed by atoms with E-state index in [4.69, 9.17) is 0 Å². The minimum Gasteiger partial charge on any atom is -0.378 e. The molecule has 0 radical (unpaired) electrons. The average Bonchev–Trinajstić information content (AvgIpc) is 3.09. The number of hydrogen-bond acceptors (Lipinski definition) is 4. The highest BCUT2D eigenvalue weighted by molar-refractivity contribution is 7.93. The SMILES string of the molecule is Cc1ccc(CN(c2sc3ccccc3c2C)S(=O)(=O)c2ccc(N(C)C)cc2)cc1. The van der Waals surface area contributed by atoms with Crippen LogP contribution in [0.15, 0.2) is 77.7 Å². The van der Waals surface area contributed by atoms with Crippen molar-refractivity contribution in [2.45, 2.75) is 25.3 Å². The molecule has 0 amide bonds. The standard InChI is InChI=1S/C25H26N2O2S2/c1-18-9-11-20(12-10-18)17-27(25-19(2)23-7-5-6-8-24(23)30-25)31(28,29)22-15-13-21(14-16-22)26(3)4/h5-16H,17H2,1-4H3. The molecule has 4 aromatic rings. The molecule has 0 saturated carbocycles. The molecule has 0 aliphatic rings. The van der Waals surface area contributed by atoms with Gasteiger partial charge in [0.2, 0.25) is 0 Å². The van der Waals surface area contributed by atoms with Crippen LogP contribution < -0.4 is 9.21 Å². The van der Waals surface area contributed by atoms with Crippen LogP contribution in [0.1, 0.15) is 16.7 Å². The van der Waals surface area contributed by atoms with Gasteiger partial charge in [0.25, 0.3) is 10.0 Å². The maximum absolute atomic E-state index is 13.8. The third kappa shape index (κ3) is 4.18. The van der Waals surface area contributed by atoms with Gasteiger partial charge in [0.1, 0.15) is 5.00 Å². The zero-order valence-electron chi connectivity index (χ0n) is 18.2. The third-order valence-corrected chi connectivity index (χ3v) is 8.60. The van der Waals surface area contributed by atoms with E-state index in [9.17, 15) is 8.42 Å². The van der Waals surface area contributed by atoms with E-state index in [1.807, 2.05) is 93.5 Å². The monoisotopic (exact) mass is 450 g/mol. The summed E-state index contributed by atoms with van der Waals surface area (Å²) in [5.74, 6) is 0. The van der Waals surface area contributed by atoms with E-state index in [0.717, 1.165) is 37.5 Å². The lowest BCUT2D eigenvalue weighted by Gasteiger charge is -2.24. The number of sulfonamides is 1. The van der Waals surface area contributed by atoms with Crippen LogP contribution in [-0.4, -0.2) is 22.5 Å². The van der Waals surface area contributed by atoms with Crippen LogP contribution in [0.4, 0.5) is 10.7 Å². The zero-order chi connectivity index (χ0) is 22.2. The van der Waals surface area contributed by atoms with Crippen molar-refractivity contribution in [1.82, 2.24) is 0 Å². The summed E-state index contributed by atoms with van der Waals surface area (Å²) < 4.78 is 30.3. The predicted octanol–water partition coefficient (Wildman–Crippen LogP) is 5.98. The Morgan fingerprint density at radius 3 is 2.10 bits per heavy atom. The summed E-state index contributed by atoms with van der Waals surface area (Å²) in [5, 5.41) is 1.85. The van der Waals surface area contributed by atoms with Gasteiger partial charge in [0, 0.05) is 24.5 Å². The van der Waals surface area contributed by atoms with Crippen molar-refractivity contribution in [3.05, 3.63) is 89.5 Å². The van der Waals surface area contributed by atoms with Gasteiger partial charge in [-0.3, -0.25) is 4.31 Å². The molecule has 160 valence electrons. The van der Waals surface area contributed by atoms with Crippen molar-refractivity contribution in [2.24, 2.45) is 0 Å². The number of hydrogen-bond donors (Lipinski definition) is 0. The van der Waals surface area contributed by atoms with Crippen LogP contribution in [0.5, 0.6) is 0 Å². The van der Waals surface area contributed by atoms with Crippen molar-refractivity contribution in [3.8, 4) is 0 Å². The first kappa shape index (κ1) is 21.4. The molecule has 0 N–H and O–H groups in total. The molecule has 0 aliphatic heterocycles. The second kappa shape index (κ2) is 8.36. The van der Waals surface area contributed by atoms with Gasteiger partial charge in [-0.1, -0.05) is 48.0 Å². The Morgan fingerprint density at radius 1 is 0.839 bits per heavy atom. The summed E-state index contributed by atoms with van der Waals surface area (Å²) in [6.45, 7) is 4.31. The van der Waals surface area contributed by atoms with Crippen molar-refractivity contribution >= 4 is 42.1 Å². The van der Waals surface area contributed by atoms with Crippen molar-refractivity contribution in [1.29, 1.82) is 0 Å². The minimum absolute atomic E-state index is 0.283. The van der Waals surface area contributed by atoms with Gasteiger partial charge < -0.3 is 4.90 Å².